The van der Waals surface area contributed by atoms with Gasteiger partial charge in [0.25, 0.3) is 0 Å². The van der Waals surface area contributed by atoms with E-state index < -0.39 is 0 Å². The molecule has 1 aliphatic heterocycles. The maximum Gasteiger partial charge on any atom is 0.230 e. The van der Waals surface area contributed by atoms with Crippen LogP contribution in [-0.2, 0) is 29.1 Å². The number of carbonyl (C=O) groups excluding carboxylic acids is 1. The molecule has 9 heteroatoms. The Morgan fingerprint density at radius 2 is 2.32 bits per heavy atom. The van der Waals surface area contributed by atoms with Crippen molar-refractivity contribution in [1.29, 1.82) is 0 Å². The van der Waals surface area contributed by atoms with Crippen molar-refractivity contribution < 1.29 is 13.9 Å². The number of hydrogen-bond acceptors (Lipinski definition) is 8. The zero-order valence-electron chi connectivity index (χ0n) is 15.8. The van der Waals surface area contributed by atoms with Crippen molar-refractivity contribution in [1.82, 2.24) is 15.3 Å². The highest BCUT2D eigenvalue weighted by Crippen LogP contribution is 2.41. The van der Waals surface area contributed by atoms with Crippen molar-refractivity contribution in [3.8, 4) is 0 Å². The topological polar surface area (TPSA) is 103 Å². The summed E-state index contributed by atoms with van der Waals surface area (Å²) in [5.41, 5.74) is 7.31. The third-order valence-corrected chi connectivity index (χ3v) is 6.91. The maximum absolute atomic E-state index is 12.0. The van der Waals surface area contributed by atoms with Gasteiger partial charge in [0.2, 0.25) is 5.91 Å². The number of thioether (sulfide) groups is 1. The molecule has 7 nitrogen and oxygen atoms in total. The van der Waals surface area contributed by atoms with Crippen LogP contribution in [0.1, 0.15) is 36.5 Å². The van der Waals surface area contributed by atoms with Crippen LogP contribution in [0.3, 0.4) is 0 Å². The van der Waals surface area contributed by atoms with E-state index in [1.54, 1.807) is 23.7 Å². The lowest BCUT2D eigenvalue weighted by Gasteiger charge is -2.33. The summed E-state index contributed by atoms with van der Waals surface area (Å²) in [6.07, 6.45) is 3.33. The van der Waals surface area contributed by atoms with Crippen LogP contribution in [0, 0.1) is 0 Å². The van der Waals surface area contributed by atoms with Crippen molar-refractivity contribution in [2.45, 2.75) is 50.6 Å². The minimum Gasteiger partial charge on any atom is -0.467 e. The summed E-state index contributed by atoms with van der Waals surface area (Å²) in [4.78, 5) is 23.1. The SMILES string of the molecule is CCC1(C)Cc2c(sc3nc(SCC(=O)NCc4ccco4)nc(N)c23)CO1. The Morgan fingerprint density at radius 3 is 3.07 bits per heavy atom. The third kappa shape index (κ3) is 3.87. The fourth-order valence-electron chi connectivity index (χ4n) is 3.15. The number of fused-ring (bicyclic) bond motifs is 3. The molecule has 3 aromatic rings. The van der Waals surface area contributed by atoms with Crippen molar-refractivity contribution in [3.63, 3.8) is 0 Å². The molecule has 0 fully saturated rings. The standard InChI is InChI=1S/C19H22N4O3S2/c1-3-19(2)7-12-13(9-26-19)28-17-15(12)16(20)22-18(23-17)27-10-14(24)21-8-11-5-4-6-25-11/h4-6H,3,7-10H2,1-2H3,(H,21,24)(H2,20,22,23). The Balaban J connectivity index is 1.47. The lowest BCUT2D eigenvalue weighted by Crippen LogP contribution is -2.33. The van der Waals surface area contributed by atoms with Gasteiger partial charge >= 0.3 is 0 Å². The molecule has 1 unspecified atom stereocenters. The lowest BCUT2D eigenvalue weighted by molar-refractivity contribution is -0.118. The van der Waals surface area contributed by atoms with E-state index in [4.69, 9.17) is 14.9 Å². The first kappa shape index (κ1) is 19.2. The molecule has 1 atom stereocenters. The summed E-state index contributed by atoms with van der Waals surface area (Å²) in [7, 11) is 0. The van der Waals surface area contributed by atoms with E-state index in [9.17, 15) is 4.79 Å². The van der Waals surface area contributed by atoms with Crippen molar-refractivity contribution in [3.05, 3.63) is 34.6 Å². The molecule has 4 heterocycles. The lowest BCUT2D eigenvalue weighted by atomic mass is 9.90. The van der Waals surface area contributed by atoms with Crippen LogP contribution >= 0.6 is 23.1 Å². The highest BCUT2D eigenvalue weighted by atomic mass is 32.2. The Kier molecular flexibility index (Phi) is 5.31. The fraction of sp³-hybridized carbons (Fsp3) is 0.421. The average molecular weight is 419 g/mol. The van der Waals surface area contributed by atoms with E-state index in [2.05, 4.69) is 29.1 Å². The summed E-state index contributed by atoms with van der Waals surface area (Å²) in [5, 5.41) is 4.26. The Hall–Kier alpha value is -2.10. The molecule has 0 spiro atoms. The number of nitrogens with one attached hydrogen (secondary N) is 1. The predicted molar refractivity (Wildman–Crippen MR) is 110 cm³/mol. The first-order chi connectivity index (χ1) is 13.5. The van der Waals surface area contributed by atoms with Gasteiger partial charge < -0.3 is 20.2 Å². The molecule has 1 amide bonds. The Labute approximate surface area is 171 Å². The van der Waals surface area contributed by atoms with E-state index in [0.29, 0.717) is 29.9 Å². The van der Waals surface area contributed by atoms with Crippen LogP contribution in [0.15, 0.2) is 28.0 Å². The molecule has 4 rings (SSSR count). The third-order valence-electron chi connectivity index (χ3n) is 4.96. The number of nitrogen functional groups attached to an aromatic ring is 1. The molecule has 0 aromatic carbocycles. The van der Waals surface area contributed by atoms with Crippen LogP contribution in [0.4, 0.5) is 5.82 Å². The first-order valence-corrected chi connectivity index (χ1v) is 10.9. The van der Waals surface area contributed by atoms with Gasteiger partial charge in [-0.15, -0.1) is 11.3 Å². The van der Waals surface area contributed by atoms with E-state index in [1.807, 2.05) is 6.07 Å². The molecular formula is C19H22N4O3S2. The van der Waals surface area contributed by atoms with E-state index in [0.717, 1.165) is 23.1 Å². The maximum atomic E-state index is 12.0. The summed E-state index contributed by atoms with van der Waals surface area (Å²) >= 11 is 2.88. The van der Waals surface area contributed by atoms with Gasteiger partial charge in [0.05, 0.1) is 36.2 Å². The molecule has 0 bridgehead atoms. The number of anilines is 1. The predicted octanol–water partition coefficient (Wildman–Crippen LogP) is 3.52. The molecule has 0 radical (unpaired) electrons. The molecular weight excluding hydrogens is 396 g/mol. The molecule has 0 aliphatic carbocycles. The van der Waals surface area contributed by atoms with Gasteiger partial charge in [0, 0.05) is 11.3 Å². The molecule has 1 aliphatic rings. The van der Waals surface area contributed by atoms with Crippen LogP contribution in [-0.4, -0.2) is 27.2 Å². The van der Waals surface area contributed by atoms with Gasteiger partial charge in [-0.05, 0) is 31.0 Å². The van der Waals surface area contributed by atoms with Crippen LogP contribution in [0.5, 0.6) is 0 Å². The highest BCUT2D eigenvalue weighted by Gasteiger charge is 2.33. The summed E-state index contributed by atoms with van der Waals surface area (Å²) < 4.78 is 11.2. The zero-order chi connectivity index (χ0) is 19.7. The minimum atomic E-state index is -0.174. The number of nitrogens with two attached hydrogens (primary N) is 1. The van der Waals surface area contributed by atoms with E-state index in [-0.39, 0.29) is 17.3 Å². The first-order valence-electron chi connectivity index (χ1n) is 9.11. The van der Waals surface area contributed by atoms with E-state index in [1.165, 1.54) is 22.2 Å². The van der Waals surface area contributed by atoms with Crippen molar-refractivity contribution in [2.75, 3.05) is 11.5 Å². The van der Waals surface area contributed by atoms with Gasteiger partial charge in [0.1, 0.15) is 16.4 Å². The van der Waals surface area contributed by atoms with Gasteiger partial charge in [-0.2, -0.15) is 0 Å². The van der Waals surface area contributed by atoms with Gasteiger partial charge in [-0.25, -0.2) is 9.97 Å². The van der Waals surface area contributed by atoms with Crippen molar-refractivity contribution >= 4 is 45.0 Å². The van der Waals surface area contributed by atoms with Gasteiger partial charge in [0.15, 0.2) is 5.16 Å². The molecule has 0 saturated carbocycles. The average Bonchev–Trinajstić information content (AvgIpc) is 3.32. The summed E-state index contributed by atoms with van der Waals surface area (Å²) in [6.45, 7) is 5.20. The number of nitrogens with zero attached hydrogens (tertiary/aromatic N) is 2. The smallest absolute Gasteiger partial charge is 0.230 e. The number of furan rings is 1. The van der Waals surface area contributed by atoms with Crippen LogP contribution < -0.4 is 11.1 Å². The second kappa shape index (κ2) is 7.73. The number of aromatic nitrogens is 2. The Bertz CT molecular complexity index is 1000. The number of thiophene rings is 1. The number of carbonyl (C=O) groups is 1. The fourth-order valence-corrected chi connectivity index (χ4v) is 5.00. The molecule has 3 aromatic heterocycles. The van der Waals surface area contributed by atoms with Crippen molar-refractivity contribution in [2.24, 2.45) is 0 Å². The minimum absolute atomic E-state index is 0.110. The number of amides is 1. The largest absolute Gasteiger partial charge is 0.467 e. The number of rotatable bonds is 6. The molecule has 0 saturated heterocycles. The second-order valence-corrected chi connectivity index (χ2v) is 9.02. The molecule has 3 N–H and O–H groups in total. The van der Waals surface area contributed by atoms with Crippen LogP contribution in [0.2, 0.25) is 0 Å². The summed E-state index contributed by atoms with van der Waals surface area (Å²) in [6, 6.07) is 3.60. The van der Waals surface area contributed by atoms with Crippen LogP contribution in [0.25, 0.3) is 10.2 Å². The molecule has 148 valence electrons. The summed E-state index contributed by atoms with van der Waals surface area (Å²) in [5.74, 6) is 1.29. The Morgan fingerprint density at radius 1 is 1.46 bits per heavy atom. The second-order valence-electron chi connectivity index (χ2n) is 6.99. The number of hydrogen-bond donors (Lipinski definition) is 2. The molecule has 28 heavy (non-hydrogen) atoms. The van der Waals surface area contributed by atoms with Gasteiger partial charge in [-0.1, -0.05) is 18.7 Å². The number of ether oxygens (including phenoxy) is 1. The van der Waals surface area contributed by atoms with E-state index >= 15 is 0 Å². The monoisotopic (exact) mass is 418 g/mol. The normalized spacial score (nSPS) is 18.9. The highest BCUT2D eigenvalue weighted by molar-refractivity contribution is 7.99. The quantitative estimate of drug-likeness (QED) is 0.466. The zero-order valence-corrected chi connectivity index (χ0v) is 17.4. The van der Waals surface area contributed by atoms with Gasteiger partial charge in [-0.3, -0.25) is 4.79 Å².